The van der Waals surface area contributed by atoms with Gasteiger partial charge in [0, 0.05) is 38.6 Å². The van der Waals surface area contributed by atoms with Gasteiger partial charge in [0.2, 0.25) is 15.9 Å². The third-order valence-electron chi connectivity index (χ3n) is 6.27. The van der Waals surface area contributed by atoms with Crippen LogP contribution < -0.4 is 10.5 Å². The maximum absolute atomic E-state index is 13.3. The Balaban J connectivity index is 2.16. The number of ether oxygens (including phenoxy) is 1. The summed E-state index contributed by atoms with van der Waals surface area (Å²) in [5.74, 6) is 0.0335. The highest BCUT2D eigenvalue weighted by molar-refractivity contribution is 7.89. The SMILES string of the molecule is CCCN(CCC)S(=O)(=O)CCC(=O)N(Cc1cccc(OC)c1)C[C@@H](O)[C@@H](N)Cc1ccc(C)cc1. The lowest BCUT2D eigenvalue weighted by molar-refractivity contribution is -0.133. The zero-order valence-electron chi connectivity index (χ0n) is 22.6. The molecule has 2 atom stereocenters. The summed E-state index contributed by atoms with van der Waals surface area (Å²) < 4.78 is 32.6. The molecule has 8 nitrogen and oxygen atoms in total. The van der Waals surface area contributed by atoms with Crippen molar-refractivity contribution in [3.05, 3.63) is 65.2 Å². The van der Waals surface area contributed by atoms with E-state index in [1.807, 2.05) is 69.3 Å². The number of benzene rings is 2. The zero-order valence-corrected chi connectivity index (χ0v) is 23.4. The minimum absolute atomic E-state index is 0.00322. The summed E-state index contributed by atoms with van der Waals surface area (Å²) >= 11 is 0. The molecule has 2 rings (SSSR count). The van der Waals surface area contributed by atoms with Gasteiger partial charge in [-0.3, -0.25) is 4.79 Å². The molecule has 0 unspecified atom stereocenters. The Morgan fingerprint density at radius 3 is 2.30 bits per heavy atom. The fourth-order valence-corrected chi connectivity index (χ4v) is 5.74. The van der Waals surface area contributed by atoms with Gasteiger partial charge in [-0.05, 0) is 49.4 Å². The maximum Gasteiger partial charge on any atom is 0.224 e. The molecule has 1 amide bonds. The molecule has 206 valence electrons. The summed E-state index contributed by atoms with van der Waals surface area (Å²) in [4.78, 5) is 14.8. The predicted octanol–water partition coefficient (Wildman–Crippen LogP) is 3.11. The summed E-state index contributed by atoms with van der Waals surface area (Å²) in [5.41, 5.74) is 9.27. The van der Waals surface area contributed by atoms with Crippen molar-refractivity contribution >= 4 is 15.9 Å². The monoisotopic (exact) mass is 533 g/mol. The molecule has 37 heavy (non-hydrogen) atoms. The number of sulfonamides is 1. The lowest BCUT2D eigenvalue weighted by atomic mass is 10.0. The van der Waals surface area contributed by atoms with Crippen LogP contribution in [0.4, 0.5) is 0 Å². The van der Waals surface area contributed by atoms with Crippen LogP contribution in [0, 0.1) is 6.92 Å². The minimum atomic E-state index is -3.57. The first-order valence-electron chi connectivity index (χ1n) is 13.0. The summed E-state index contributed by atoms with van der Waals surface area (Å²) in [5, 5.41) is 10.9. The highest BCUT2D eigenvalue weighted by Gasteiger charge is 2.26. The first kappa shape index (κ1) is 30.8. The smallest absolute Gasteiger partial charge is 0.224 e. The van der Waals surface area contributed by atoms with Crippen LogP contribution in [0.3, 0.4) is 0 Å². The van der Waals surface area contributed by atoms with E-state index in [4.69, 9.17) is 10.5 Å². The van der Waals surface area contributed by atoms with E-state index in [9.17, 15) is 18.3 Å². The molecule has 0 spiro atoms. The van der Waals surface area contributed by atoms with Crippen LogP contribution in [0.15, 0.2) is 48.5 Å². The average molecular weight is 534 g/mol. The van der Waals surface area contributed by atoms with E-state index in [1.165, 1.54) is 9.21 Å². The molecule has 9 heteroatoms. The Labute approximate surface area is 222 Å². The van der Waals surface area contributed by atoms with Crippen LogP contribution in [0.1, 0.15) is 49.8 Å². The van der Waals surface area contributed by atoms with Gasteiger partial charge in [0.1, 0.15) is 5.75 Å². The van der Waals surface area contributed by atoms with Crippen molar-refractivity contribution in [1.82, 2.24) is 9.21 Å². The molecular weight excluding hydrogens is 490 g/mol. The number of methoxy groups -OCH3 is 1. The molecule has 0 radical (unpaired) electrons. The molecule has 0 heterocycles. The number of aliphatic hydroxyl groups is 1. The highest BCUT2D eigenvalue weighted by Crippen LogP contribution is 2.17. The molecule has 0 aliphatic rings. The van der Waals surface area contributed by atoms with Crippen LogP contribution in [0.5, 0.6) is 5.75 Å². The van der Waals surface area contributed by atoms with Gasteiger partial charge >= 0.3 is 0 Å². The van der Waals surface area contributed by atoms with Gasteiger partial charge in [0.05, 0.1) is 19.0 Å². The van der Waals surface area contributed by atoms with E-state index in [2.05, 4.69) is 0 Å². The van der Waals surface area contributed by atoms with Crippen molar-refractivity contribution < 1.29 is 23.1 Å². The highest BCUT2D eigenvalue weighted by atomic mass is 32.2. The van der Waals surface area contributed by atoms with Crippen LogP contribution in [0.25, 0.3) is 0 Å². The molecule has 0 aliphatic heterocycles. The molecule has 0 saturated carbocycles. The number of hydrogen-bond donors (Lipinski definition) is 2. The number of nitrogens with two attached hydrogens (primary N) is 1. The molecule has 0 fully saturated rings. The summed E-state index contributed by atoms with van der Waals surface area (Å²) in [6, 6.07) is 14.7. The molecule has 0 aromatic heterocycles. The Morgan fingerprint density at radius 1 is 1.05 bits per heavy atom. The number of amides is 1. The van der Waals surface area contributed by atoms with Crippen molar-refractivity contribution in [2.45, 2.75) is 65.1 Å². The van der Waals surface area contributed by atoms with E-state index >= 15 is 0 Å². The molecule has 0 aliphatic carbocycles. The molecule has 3 N–H and O–H groups in total. The third kappa shape index (κ3) is 10.1. The number of aryl methyl sites for hydroxylation is 1. The first-order chi connectivity index (χ1) is 17.6. The van der Waals surface area contributed by atoms with Crippen molar-refractivity contribution in [2.24, 2.45) is 5.73 Å². The van der Waals surface area contributed by atoms with Gasteiger partial charge in [-0.1, -0.05) is 55.8 Å². The molecule has 2 aromatic carbocycles. The number of rotatable bonds is 16. The zero-order chi connectivity index (χ0) is 27.4. The Bertz CT molecular complexity index is 1070. The van der Waals surface area contributed by atoms with Crippen molar-refractivity contribution in [3.63, 3.8) is 0 Å². The van der Waals surface area contributed by atoms with Crippen LogP contribution >= 0.6 is 0 Å². The van der Waals surface area contributed by atoms with Gasteiger partial charge in [-0.25, -0.2) is 12.7 Å². The normalized spacial score (nSPS) is 13.4. The Morgan fingerprint density at radius 2 is 1.70 bits per heavy atom. The van der Waals surface area contributed by atoms with Gasteiger partial charge in [0.25, 0.3) is 0 Å². The second-order valence-electron chi connectivity index (χ2n) is 9.51. The average Bonchev–Trinajstić information content (AvgIpc) is 2.88. The van der Waals surface area contributed by atoms with Gasteiger partial charge < -0.3 is 20.5 Å². The van der Waals surface area contributed by atoms with Crippen molar-refractivity contribution in [1.29, 1.82) is 0 Å². The van der Waals surface area contributed by atoms with E-state index in [-0.39, 0.29) is 31.2 Å². The maximum atomic E-state index is 13.3. The van der Waals surface area contributed by atoms with Crippen LogP contribution in [-0.2, 0) is 27.8 Å². The largest absolute Gasteiger partial charge is 0.497 e. The molecule has 0 saturated heterocycles. The molecule has 2 aromatic rings. The number of nitrogens with zero attached hydrogens (tertiary/aromatic N) is 2. The fourth-order valence-electron chi connectivity index (χ4n) is 4.13. The topological polar surface area (TPSA) is 113 Å². The lowest BCUT2D eigenvalue weighted by Gasteiger charge is -2.29. The number of carbonyl (C=O) groups excluding carboxylic acids is 1. The van der Waals surface area contributed by atoms with E-state index in [1.54, 1.807) is 7.11 Å². The molecular formula is C28H43N3O5S. The Hall–Kier alpha value is -2.46. The fraction of sp³-hybridized carbons (Fsp3) is 0.536. The predicted molar refractivity (Wildman–Crippen MR) is 148 cm³/mol. The minimum Gasteiger partial charge on any atom is -0.497 e. The summed E-state index contributed by atoms with van der Waals surface area (Å²) in [6.45, 7) is 6.94. The number of carbonyl (C=O) groups is 1. The lowest BCUT2D eigenvalue weighted by Crippen LogP contribution is -2.46. The number of aliphatic hydroxyl groups excluding tert-OH is 1. The second kappa shape index (κ2) is 15.1. The van der Waals surface area contributed by atoms with Crippen molar-refractivity contribution in [2.75, 3.05) is 32.5 Å². The Kier molecular flexibility index (Phi) is 12.5. The summed E-state index contributed by atoms with van der Waals surface area (Å²) in [7, 11) is -2.00. The number of hydrogen-bond acceptors (Lipinski definition) is 6. The van der Waals surface area contributed by atoms with Crippen LogP contribution in [0.2, 0.25) is 0 Å². The first-order valence-corrected chi connectivity index (χ1v) is 14.6. The van der Waals surface area contributed by atoms with E-state index in [0.717, 1.165) is 16.7 Å². The molecule has 0 bridgehead atoms. The quantitative estimate of drug-likeness (QED) is 0.343. The van der Waals surface area contributed by atoms with E-state index < -0.39 is 22.2 Å². The summed E-state index contributed by atoms with van der Waals surface area (Å²) in [6.07, 6.45) is 0.723. The second-order valence-corrected chi connectivity index (χ2v) is 11.6. The van der Waals surface area contributed by atoms with Gasteiger partial charge in [-0.2, -0.15) is 0 Å². The standard InChI is InChI=1S/C28H43N3O5S/c1-5-15-31(16-6-2)37(34,35)17-14-28(33)30(20-24-8-7-9-25(18-24)36-4)21-27(32)26(29)19-23-12-10-22(3)11-13-23/h7-13,18,26-27,32H,5-6,14-17,19-21,29H2,1-4H3/t26-,27+/m0/s1. The van der Waals surface area contributed by atoms with Gasteiger partial charge in [-0.15, -0.1) is 0 Å². The van der Waals surface area contributed by atoms with E-state index in [0.29, 0.717) is 38.1 Å². The van der Waals surface area contributed by atoms with Crippen molar-refractivity contribution in [3.8, 4) is 5.75 Å². The third-order valence-corrected chi connectivity index (χ3v) is 8.14. The van der Waals surface area contributed by atoms with Crippen LogP contribution in [-0.4, -0.2) is 73.3 Å². The van der Waals surface area contributed by atoms with Gasteiger partial charge in [0.15, 0.2) is 0 Å².